The number of carbonyl (C=O) groups excluding carboxylic acids is 1. The van der Waals surface area contributed by atoms with Gasteiger partial charge in [-0.25, -0.2) is 9.97 Å². The van der Waals surface area contributed by atoms with Crippen molar-refractivity contribution in [3.8, 4) is 0 Å². The molecule has 0 spiro atoms. The Labute approximate surface area is 109 Å². The van der Waals surface area contributed by atoms with Crippen LogP contribution in [0.4, 0.5) is 0 Å². The minimum atomic E-state index is -0.0456. The smallest absolute Gasteiger partial charge is 0.265 e. The minimum absolute atomic E-state index is 0.0456. The van der Waals surface area contributed by atoms with Gasteiger partial charge in [-0.3, -0.25) is 9.89 Å². The van der Waals surface area contributed by atoms with E-state index in [4.69, 9.17) is 0 Å². The third kappa shape index (κ3) is 2.73. The number of nitrogens with one attached hydrogen (secondary N) is 1. The molecule has 0 aliphatic rings. The molecule has 0 bridgehead atoms. The van der Waals surface area contributed by atoms with E-state index in [9.17, 15) is 4.79 Å². The minimum Gasteiger partial charge on any atom is -0.333 e. The molecule has 0 aliphatic heterocycles. The molecule has 0 aromatic carbocycles. The van der Waals surface area contributed by atoms with Crippen molar-refractivity contribution in [2.45, 2.75) is 26.3 Å². The molecule has 1 amide bonds. The van der Waals surface area contributed by atoms with Crippen molar-refractivity contribution in [2.75, 3.05) is 7.05 Å². The molecule has 2 rings (SSSR count). The first-order valence-electron chi connectivity index (χ1n) is 5.63. The number of H-pyrrole nitrogens is 1. The molecule has 0 atom stereocenters. The standard InChI is InChI=1S/C11H15N5OS/c1-7(2)10-12-4-8(18-10)11(17)16(3)5-9-13-6-14-15-9/h4,6-7H,5H2,1-3H3,(H,13,14,15). The molecule has 0 aliphatic carbocycles. The summed E-state index contributed by atoms with van der Waals surface area (Å²) in [5.74, 6) is 0.964. The van der Waals surface area contributed by atoms with Crippen LogP contribution in [0.3, 0.4) is 0 Å². The van der Waals surface area contributed by atoms with Crippen molar-refractivity contribution in [1.82, 2.24) is 25.1 Å². The van der Waals surface area contributed by atoms with Crippen LogP contribution >= 0.6 is 11.3 Å². The van der Waals surface area contributed by atoms with E-state index >= 15 is 0 Å². The van der Waals surface area contributed by atoms with Crippen LogP contribution in [0.2, 0.25) is 0 Å². The molecule has 96 valence electrons. The first kappa shape index (κ1) is 12.7. The number of amides is 1. The summed E-state index contributed by atoms with van der Waals surface area (Å²) < 4.78 is 0. The van der Waals surface area contributed by atoms with Crippen molar-refractivity contribution in [2.24, 2.45) is 0 Å². The van der Waals surface area contributed by atoms with Crippen LogP contribution in [-0.2, 0) is 6.54 Å². The number of aromatic nitrogens is 4. The Morgan fingerprint density at radius 3 is 2.83 bits per heavy atom. The SMILES string of the molecule is CC(C)c1ncc(C(=O)N(C)Cc2ncn[nH]2)s1. The van der Waals surface area contributed by atoms with Gasteiger partial charge in [0.25, 0.3) is 5.91 Å². The number of carbonyl (C=O) groups is 1. The van der Waals surface area contributed by atoms with Crippen LogP contribution in [-0.4, -0.2) is 38.0 Å². The van der Waals surface area contributed by atoms with E-state index < -0.39 is 0 Å². The van der Waals surface area contributed by atoms with Gasteiger partial charge >= 0.3 is 0 Å². The molecule has 2 heterocycles. The van der Waals surface area contributed by atoms with Gasteiger partial charge in [-0.15, -0.1) is 11.3 Å². The van der Waals surface area contributed by atoms with Crippen LogP contribution in [0.15, 0.2) is 12.5 Å². The van der Waals surface area contributed by atoms with Gasteiger partial charge in [-0.1, -0.05) is 13.8 Å². The summed E-state index contributed by atoms with van der Waals surface area (Å²) in [7, 11) is 1.74. The Morgan fingerprint density at radius 1 is 1.50 bits per heavy atom. The summed E-state index contributed by atoms with van der Waals surface area (Å²) in [6, 6.07) is 0. The lowest BCUT2D eigenvalue weighted by molar-refractivity contribution is 0.0786. The van der Waals surface area contributed by atoms with Crippen LogP contribution < -0.4 is 0 Å². The molecule has 0 saturated heterocycles. The van der Waals surface area contributed by atoms with Gasteiger partial charge in [0.2, 0.25) is 0 Å². The highest BCUT2D eigenvalue weighted by Crippen LogP contribution is 2.22. The number of hydrogen-bond acceptors (Lipinski definition) is 5. The average Bonchev–Trinajstić information content (AvgIpc) is 2.98. The van der Waals surface area contributed by atoms with Crippen molar-refractivity contribution in [1.29, 1.82) is 0 Å². The number of rotatable bonds is 4. The fraction of sp³-hybridized carbons (Fsp3) is 0.455. The zero-order valence-corrected chi connectivity index (χ0v) is 11.4. The highest BCUT2D eigenvalue weighted by Gasteiger charge is 2.17. The van der Waals surface area contributed by atoms with Crippen LogP contribution in [0, 0.1) is 0 Å². The Kier molecular flexibility index (Phi) is 3.71. The fourth-order valence-corrected chi connectivity index (χ4v) is 2.36. The maximum Gasteiger partial charge on any atom is 0.265 e. The van der Waals surface area contributed by atoms with Gasteiger partial charge < -0.3 is 4.90 Å². The van der Waals surface area contributed by atoms with Gasteiger partial charge in [0.1, 0.15) is 17.0 Å². The van der Waals surface area contributed by atoms with Crippen molar-refractivity contribution < 1.29 is 4.79 Å². The summed E-state index contributed by atoms with van der Waals surface area (Å²) in [5, 5.41) is 7.46. The first-order valence-corrected chi connectivity index (χ1v) is 6.45. The number of thiazole rings is 1. The quantitative estimate of drug-likeness (QED) is 0.912. The molecular formula is C11H15N5OS. The number of hydrogen-bond donors (Lipinski definition) is 1. The Balaban J connectivity index is 2.05. The largest absolute Gasteiger partial charge is 0.333 e. The van der Waals surface area contributed by atoms with Gasteiger partial charge in [-0.2, -0.15) is 5.10 Å². The second kappa shape index (κ2) is 5.26. The van der Waals surface area contributed by atoms with E-state index in [2.05, 4.69) is 34.0 Å². The molecule has 1 N–H and O–H groups in total. The number of nitrogens with zero attached hydrogens (tertiary/aromatic N) is 4. The normalized spacial score (nSPS) is 10.9. The predicted molar refractivity (Wildman–Crippen MR) is 68.4 cm³/mol. The molecule has 6 nitrogen and oxygen atoms in total. The van der Waals surface area contributed by atoms with E-state index in [1.807, 2.05) is 0 Å². The summed E-state index contributed by atoms with van der Waals surface area (Å²) in [5.41, 5.74) is 0. The highest BCUT2D eigenvalue weighted by molar-refractivity contribution is 7.13. The fourth-order valence-electron chi connectivity index (χ4n) is 1.44. The maximum atomic E-state index is 12.1. The number of aromatic amines is 1. The third-order valence-corrected chi connectivity index (χ3v) is 3.71. The predicted octanol–water partition coefficient (Wildman–Crippen LogP) is 1.66. The van der Waals surface area contributed by atoms with E-state index in [0.717, 1.165) is 5.01 Å². The molecule has 0 saturated carbocycles. The molecule has 0 radical (unpaired) electrons. The Bertz CT molecular complexity index is 519. The second-order valence-corrected chi connectivity index (χ2v) is 5.37. The molecule has 2 aromatic rings. The highest BCUT2D eigenvalue weighted by atomic mass is 32.1. The lowest BCUT2D eigenvalue weighted by Crippen LogP contribution is -2.26. The monoisotopic (exact) mass is 265 g/mol. The van der Waals surface area contributed by atoms with Gasteiger partial charge in [0.05, 0.1) is 17.7 Å². The molecule has 18 heavy (non-hydrogen) atoms. The zero-order valence-electron chi connectivity index (χ0n) is 10.5. The van der Waals surface area contributed by atoms with Crippen molar-refractivity contribution in [3.63, 3.8) is 0 Å². The van der Waals surface area contributed by atoms with Crippen molar-refractivity contribution >= 4 is 17.2 Å². The van der Waals surface area contributed by atoms with Crippen LogP contribution in [0.5, 0.6) is 0 Å². The van der Waals surface area contributed by atoms with Crippen molar-refractivity contribution in [3.05, 3.63) is 28.2 Å². The van der Waals surface area contributed by atoms with E-state index in [-0.39, 0.29) is 5.91 Å². The van der Waals surface area contributed by atoms with Gasteiger partial charge in [0, 0.05) is 13.0 Å². The third-order valence-electron chi connectivity index (χ3n) is 2.43. The van der Waals surface area contributed by atoms with E-state index in [1.165, 1.54) is 17.7 Å². The molecular weight excluding hydrogens is 250 g/mol. The summed E-state index contributed by atoms with van der Waals surface area (Å²) in [6.07, 6.45) is 3.07. The zero-order chi connectivity index (χ0) is 13.1. The second-order valence-electron chi connectivity index (χ2n) is 4.31. The summed E-state index contributed by atoms with van der Waals surface area (Å²) in [6.45, 7) is 4.53. The average molecular weight is 265 g/mol. The van der Waals surface area contributed by atoms with Gasteiger partial charge in [-0.05, 0) is 0 Å². The van der Waals surface area contributed by atoms with Crippen LogP contribution in [0.1, 0.15) is 40.3 Å². The Morgan fingerprint density at radius 2 is 2.28 bits per heavy atom. The lowest BCUT2D eigenvalue weighted by atomic mass is 10.2. The Hall–Kier alpha value is -1.76. The molecule has 2 aromatic heterocycles. The molecule has 0 fully saturated rings. The van der Waals surface area contributed by atoms with E-state index in [1.54, 1.807) is 18.1 Å². The molecule has 0 unspecified atom stereocenters. The topological polar surface area (TPSA) is 74.8 Å². The lowest BCUT2D eigenvalue weighted by Gasteiger charge is -2.13. The first-order chi connectivity index (χ1) is 8.58. The van der Waals surface area contributed by atoms with E-state index in [0.29, 0.717) is 23.2 Å². The maximum absolute atomic E-state index is 12.1. The molecule has 7 heteroatoms. The summed E-state index contributed by atoms with van der Waals surface area (Å²) >= 11 is 1.44. The summed E-state index contributed by atoms with van der Waals surface area (Å²) in [4.78, 5) is 22.6. The van der Waals surface area contributed by atoms with Crippen LogP contribution in [0.25, 0.3) is 0 Å². The van der Waals surface area contributed by atoms with Gasteiger partial charge in [0.15, 0.2) is 0 Å².